The maximum atomic E-state index is 12.6. The van der Waals surface area contributed by atoms with Crippen LogP contribution in [0.5, 0.6) is 0 Å². The molecule has 2 aliphatic heterocycles. The lowest BCUT2D eigenvalue weighted by atomic mass is 9.98. The number of rotatable bonds is 7. The fraction of sp³-hybridized carbons (Fsp3) is 0.800. The van der Waals surface area contributed by atoms with Crippen LogP contribution in [0.4, 0.5) is 0 Å². The lowest BCUT2D eigenvalue weighted by Gasteiger charge is -2.40. The minimum atomic E-state index is -3.71. The van der Waals surface area contributed by atoms with Gasteiger partial charge in [-0.2, -0.15) is 0 Å². The van der Waals surface area contributed by atoms with Gasteiger partial charge < -0.3 is 14.4 Å². The van der Waals surface area contributed by atoms with Gasteiger partial charge in [-0.3, -0.25) is 9.59 Å². The minimum absolute atomic E-state index is 0.234. The van der Waals surface area contributed by atoms with Crippen LogP contribution in [0.25, 0.3) is 0 Å². The molecule has 2 heterocycles. The maximum Gasteiger partial charge on any atom is 0.333 e. The molecule has 0 N–H and O–H groups in total. The Balaban J connectivity index is 1.97. The number of β-lactam (4-membered cyclic amide) rings is 1. The van der Waals surface area contributed by atoms with Gasteiger partial charge in [0.05, 0.1) is 0 Å². The van der Waals surface area contributed by atoms with Crippen molar-refractivity contribution in [1.29, 1.82) is 0 Å². The van der Waals surface area contributed by atoms with Crippen LogP contribution in [-0.4, -0.2) is 58.0 Å². The molecule has 2 aliphatic rings. The van der Waals surface area contributed by atoms with Gasteiger partial charge in [0.2, 0.25) is 12.7 Å². The Bertz CT molecular complexity index is 675. The van der Waals surface area contributed by atoms with E-state index in [4.69, 9.17) is 9.47 Å². The zero-order valence-corrected chi connectivity index (χ0v) is 17.3. The molecule has 2 fully saturated rings. The molecule has 0 saturated carbocycles. The van der Waals surface area contributed by atoms with Crippen molar-refractivity contribution in [3.05, 3.63) is 0 Å². The van der Waals surface area contributed by atoms with Gasteiger partial charge >= 0.3 is 11.9 Å². The zero-order valence-electron chi connectivity index (χ0n) is 14.4. The van der Waals surface area contributed by atoms with E-state index >= 15 is 0 Å². The molecule has 0 aromatic heterocycles. The summed E-state index contributed by atoms with van der Waals surface area (Å²) in [4.78, 5) is 36.9. The summed E-state index contributed by atoms with van der Waals surface area (Å²) in [7, 11) is -3.71. The molecule has 0 aromatic carbocycles. The summed E-state index contributed by atoms with van der Waals surface area (Å²) in [6, 6.07) is -1.24. The minimum Gasteiger partial charge on any atom is -0.428 e. The molecule has 3 atom stereocenters. The number of halogens is 1. The molecule has 0 spiro atoms. The average Bonchev–Trinajstić information content (AvgIpc) is 2.68. The Morgan fingerprint density at radius 1 is 1.24 bits per heavy atom. The molecule has 142 valence electrons. The lowest BCUT2D eigenvalue weighted by molar-refractivity contribution is -0.175. The fourth-order valence-corrected chi connectivity index (χ4v) is 6.98. The summed E-state index contributed by atoms with van der Waals surface area (Å²) in [5, 5.41) is -1.01. The SMILES string of the molecule is CCCCCC(=O)OCOC(=O)[C@@H]1N2C(=O)[C@H](I)[C@H]2S(=O)(=O)C1(C)C. The van der Waals surface area contributed by atoms with Crippen molar-refractivity contribution in [1.82, 2.24) is 4.90 Å². The Morgan fingerprint density at radius 3 is 2.48 bits per heavy atom. The topological polar surface area (TPSA) is 107 Å². The lowest BCUT2D eigenvalue weighted by Crippen LogP contribution is -2.64. The van der Waals surface area contributed by atoms with Gasteiger partial charge in [0, 0.05) is 6.42 Å². The van der Waals surface area contributed by atoms with Crippen molar-refractivity contribution in [2.24, 2.45) is 0 Å². The predicted octanol–water partition coefficient (Wildman–Crippen LogP) is 1.16. The standard InChI is InChI=1S/C15H22INO7S/c1-4-5-6-7-9(18)23-8-24-14(20)11-15(2,3)25(21,22)13-10(16)12(19)17(11)13/h10-11,13H,4-8H2,1-3H3/t10-,11-,13+/m0/s1. The van der Waals surface area contributed by atoms with Gasteiger partial charge in [0.1, 0.15) is 14.7 Å². The Labute approximate surface area is 160 Å². The maximum absolute atomic E-state index is 12.6. The molecular weight excluding hydrogens is 465 g/mol. The molecule has 0 aromatic rings. The van der Waals surface area contributed by atoms with Crippen molar-refractivity contribution in [2.45, 2.75) is 66.5 Å². The number of unbranched alkanes of at least 4 members (excludes halogenated alkanes) is 2. The summed E-state index contributed by atoms with van der Waals surface area (Å²) >= 11 is 1.77. The molecule has 2 rings (SSSR count). The van der Waals surface area contributed by atoms with Gasteiger partial charge in [0.25, 0.3) is 0 Å². The first-order valence-electron chi connectivity index (χ1n) is 8.09. The Hall–Kier alpha value is -0.910. The summed E-state index contributed by atoms with van der Waals surface area (Å²) in [5.74, 6) is -1.77. The molecular formula is C15H22INO7S. The van der Waals surface area contributed by atoms with Crippen molar-refractivity contribution in [3.8, 4) is 0 Å². The van der Waals surface area contributed by atoms with Crippen LogP contribution >= 0.6 is 22.6 Å². The van der Waals surface area contributed by atoms with E-state index in [1.165, 1.54) is 13.8 Å². The number of sulfone groups is 1. The third kappa shape index (κ3) is 3.38. The normalized spacial score (nSPS) is 28.9. The van der Waals surface area contributed by atoms with E-state index in [9.17, 15) is 22.8 Å². The van der Waals surface area contributed by atoms with Crippen molar-refractivity contribution in [2.75, 3.05) is 6.79 Å². The van der Waals surface area contributed by atoms with Crippen LogP contribution in [0.3, 0.4) is 0 Å². The predicted molar refractivity (Wildman–Crippen MR) is 96.4 cm³/mol. The zero-order chi connectivity index (χ0) is 19.0. The molecule has 2 saturated heterocycles. The van der Waals surface area contributed by atoms with Crippen LogP contribution in [0.1, 0.15) is 46.5 Å². The highest BCUT2D eigenvalue weighted by Gasteiger charge is 2.71. The van der Waals surface area contributed by atoms with Gasteiger partial charge in [-0.15, -0.1) is 0 Å². The summed E-state index contributed by atoms with van der Waals surface area (Å²) in [6.45, 7) is 4.23. The highest BCUT2D eigenvalue weighted by Crippen LogP contribution is 2.48. The fourth-order valence-electron chi connectivity index (χ4n) is 3.05. The molecule has 0 unspecified atom stereocenters. The number of nitrogens with zero attached hydrogens (tertiary/aromatic N) is 1. The third-order valence-electron chi connectivity index (χ3n) is 4.63. The van der Waals surface area contributed by atoms with Crippen LogP contribution in [0.15, 0.2) is 0 Å². The van der Waals surface area contributed by atoms with Gasteiger partial charge in [-0.1, -0.05) is 42.4 Å². The first-order valence-corrected chi connectivity index (χ1v) is 10.9. The number of fused-ring (bicyclic) bond motifs is 1. The smallest absolute Gasteiger partial charge is 0.333 e. The van der Waals surface area contributed by atoms with E-state index in [1.54, 1.807) is 22.6 Å². The molecule has 1 amide bonds. The van der Waals surface area contributed by atoms with Crippen molar-refractivity contribution < 1.29 is 32.3 Å². The van der Waals surface area contributed by atoms with Crippen LogP contribution < -0.4 is 0 Å². The molecule has 0 radical (unpaired) electrons. The number of esters is 2. The Morgan fingerprint density at radius 2 is 1.88 bits per heavy atom. The second kappa shape index (κ2) is 7.37. The number of hydrogen-bond donors (Lipinski definition) is 0. The quantitative estimate of drug-likeness (QED) is 0.133. The van der Waals surface area contributed by atoms with E-state index in [1.807, 2.05) is 6.92 Å². The average molecular weight is 487 g/mol. The number of amides is 1. The van der Waals surface area contributed by atoms with Crippen molar-refractivity contribution >= 4 is 50.3 Å². The molecule has 25 heavy (non-hydrogen) atoms. The largest absolute Gasteiger partial charge is 0.428 e. The van der Waals surface area contributed by atoms with Crippen LogP contribution in [0, 0.1) is 0 Å². The first-order chi connectivity index (χ1) is 11.6. The molecule has 8 nitrogen and oxygen atoms in total. The first kappa shape index (κ1) is 20.4. The van der Waals surface area contributed by atoms with Crippen LogP contribution in [-0.2, 0) is 33.7 Å². The molecule has 10 heteroatoms. The second-order valence-corrected chi connectivity index (χ2v) is 10.6. The van der Waals surface area contributed by atoms with Gasteiger partial charge in [0.15, 0.2) is 15.2 Å². The van der Waals surface area contributed by atoms with E-state index in [-0.39, 0.29) is 6.42 Å². The Kier molecular flexibility index (Phi) is 6.02. The van der Waals surface area contributed by atoms with E-state index in [2.05, 4.69) is 0 Å². The number of hydrogen-bond acceptors (Lipinski definition) is 7. The van der Waals surface area contributed by atoms with Crippen LogP contribution in [0.2, 0.25) is 0 Å². The summed E-state index contributed by atoms with van der Waals surface area (Å²) in [6.07, 6.45) is 2.80. The highest BCUT2D eigenvalue weighted by atomic mass is 127. The molecule has 0 aliphatic carbocycles. The third-order valence-corrected chi connectivity index (χ3v) is 9.16. The molecule has 0 bridgehead atoms. The number of alkyl halides is 1. The van der Waals surface area contributed by atoms with E-state index in [0.717, 1.165) is 17.7 Å². The van der Waals surface area contributed by atoms with E-state index < -0.39 is 54.6 Å². The number of ether oxygens (including phenoxy) is 2. The van der Waals surface area contributed by atoms with Gasteiger partial charge in [-0.25, -0.2) is 13.2 Å². The summed E-state index contributed by atoms with van der Waals surface area (Å²) < 4.78 is 32.8. The monoisotopic (exact) mass is 487 g/mol. The van der Waals surface area contributed by atoms with Gasteiger partial charge in [-0.05, 0) is 20.3 Å². The number of carbonyl (C=O) groups is 3. The number of carbonyl (C=O) groups excluding carboxylic acids is 3. The summed E-state index contributed by atoms with van der Waals surface area (Å²) in [5.41, 5.74) is 0. The van der Waals surface area contributed by atoms with E-state index in [0.29, 0.717) is 6.42 Å². The highest BCUT2D eigenvalue weighted by molar-refractivity contribution is 14.1. The second-order valence-electron chi connectivity index (χ2n) is 6.64. The van der Waals surface area contributed by atoms with Crippen molar-refractivity contribution in [3.63, 3.8) is 0 Å².